The van der Waals surface area contributed by atoms with Crippen molar-refractivity contribution in [3.63, 3.8) is 0 Å². The van der Waals surface area contributed by atoms with E-state index in [4.69, 9.17) is 28.6 Å². The van der Waals surface area contributed by atoms with E-state index in [2.05, 4.69) is 52.5 Å². The van der Waals surface area contributed by atoms with Crippen molar-refractivity contribution >= 4 is 46.2 Å². The molecule has 0 aromatic heterocycles. The molecule has 3 aromatic carbocycles. The van der Waals surface area contributed by atoms with Gasteiger partial charge in [-0.3, -0.25) is 15.0 Å². The molecule has 1 fully saturated rings. The van der Waals surface area contributed by atoms with Gasteiger partial charge >= 0.3 is 0 Å². The lowest BCUT2D eigenvalue weighted by Gasteiger charge is -2.36. The number of carbonyl (C=O) groups excluding carboxylic acids is 1. The number of nitrogens with zero attached hydrogens (tertiary/aromatic N) is 2. The number of hydrogen-bond acceptors (Lipinski definition) is 5. The molecule has 3 aromatic rings. The quantitative estimate of drug-likeness (QED) is 0.354. The number of piperazine rings is 1. The summed E-state index contributed by atoms with van der Waals surface area (Å²) in [6.07, 6.45) is 0. The Morgan fingerprint density at radius 1 is 1.00 bits per heavy atom. The first-order valence-corrected chi connectivity index (χ1v) is 13.3. The minimum absolute atomic E-state index is 0.249. The van der Waals surface area contributed by atoms with Gasteiger partial charge in [-0.15, -0.1) is 0 Å². The second kappa shape index (κ2) is 12.9. The molecule has 1 amide bonds. The average molecular weight is 537 g/mol. The van der Waals surface area contributed by atoms with Crippen molar-refractivity contribution < 1.29 is 9.53 Å². The third kappa shape index (κ3) is 7.92. The smallest absolute Gasteiger partial charge is 0.257 e. The highest BCUT2D eigenvalue weighted by Crippen LogP contribution is 2.22. The monoisotopic (exact) mass is 536 g/mol. The maximum absolute atomic E-state index is 12.6. The van der Waals surface area contributed by atoms with Gasteiger partial charge in [0.25, 0.3) is 5.91 Å². The Kier molecular flexibility index (Phi) is 9.39. The number of thiocarbonyl (C=S) groups is 1. The first-order chi connectivity index (χ1) is 17.9. The summed E-state index contributed by atoms with van der Waals surface area (Å²) < 4.78 is 5.72. The van der Waals surface area contributed by atoms with E-state index in [9.17, 15) is 4.79 Å². The van der Waals surface area contributed by atoms with E-state index in [1.54, 1.807) is 18.2 Å². The molecule has 8 heteroatoms. The first-order valence-electron chi connectivity index (χ1n) is 12.5. The molecule has 0 unspecified atom stereocenters. The molecule has 194 valence electrons. The van der Waals surface area contributed by atoms with Crippen molar-refractivity contribution in [2.24, 2.45) is 5.92 Å². The highest BCUT2D eigenvalue weighted by Gasteiger charge is 2.18. The summed E-state index contributed by atoms with van der Waals surface area (Å²) in [7, 11) is 0. The molecular weight excluding hydrogens is 504 g/mol. The third-order valence-electron chi connectivity index (χ3n) is 6.12. The summed E-state index contributed by atoms with van der Waals surface area (Å²) in [5.74, 6) is 0.795. The van der Waals surface area contributed by atoms with Crippen LogP contribution in [0, 0.1) is 5.92 Å². The Balaban J connectivity index is 1.25. The van der Waals surface area contributed by atoms with Gasteiger partial charge in [0.2, 0.25) is 0 Å². The van der Waals surface area contributed by atoms with Crippen LogP contribution in [0.4, 0.5) is 11.4 Å². The summed E-state index contributed by atoms with van der Waals surface area (Å²) in [5.41, 5.74) is 3.65. The van der Waals surface area contributed by atoms with E-state index < -0.39 is 0 Å². The van der Waals surface area contributed by atoms with Crippen molar-refractivity contribution in [1.82, 2.24) is 10.2 Å². The number of carbonyl (C=O) groups is 1. The molecule has 0 radical (unpaired) electrons. The third-order valence-corrected chi connectivity index (χ3v) is 6.69. The summed E-state index contributed by atoms with van der Waals surface area (Å²) in [4.78, 5) is 17.5. The van der Waals surface area contributed by atoms with Crippen molar-refractivity contribution in [1.29, 1.82) is 0 Å². The highest BCUT2D eigenvalue weighted by molar-refractivity contribution is 7.80. The number of benzene rings is 3. The lowest BCUT2D eigenvalue weighted by molar-refractivity contribution is 0.0977. The van der Waals surface area contributed by atoms with Crippen LogP contribution in [0.1, 0.15) is 29.8 Å². The summed E-state index contributed by atoms with van der Waals surface area (Å²) in [5, 5.41) is 6.91. The number of anilines is 2. The van der Waals surface area contributed by atoms with Crippen LogP contribution in [0.25, 0.3) is 0 Å². The highest BCUT2D eigenvalue weighted by atomic mass is 35.5. The molecule has 1 aliphatic heterocycles. The van der Waals surface area contributed by atoms with Gasteiger partial charge in [0, 0.05) is 54.7 Å². The van der Waals surface area contributed by atoms with Crippen molar-refractivity contribution in [2.45, 2.75) is 20.4 Å². The fraction of sp³-hybridized carbons (Fsp3) is 0.310. The van der Waals surface area contributed by atoms with Gasteiger partial charge in [-0.2, -0.15) is 0 Å². The van der Waals surface area contributed by atoms with Gasteiger partial charge in [-0.05, 0) is 72.2 Å². The SMILES string of the molecule is CC(C)COc1cccc(C(=O)NC(=S)Nc2ccc(N3CCN(Cc4ccccc4Cl)CC3)cc2)c1. The van der Waals surface area contributed by atoms with Crippen LogP contribution in [0.2, 0.25) is 5.02 Å². The minimum Gasteiger partial charge on any atom is -0.493 e. The summed E-state index contributed by atoms with van der Waals surface area (Å²) in [6.45, 7) is 9.48. The molecule has 6 nitrogen and oxygen atoms in total. The maximum atomic E-state index is 12.6. The zero-order valence-electron chi connectivity index (χ0n) is 21.2. The first kappa shape index (κ1) is 26.9. The van der Waals surface area contributed by atoms with Crippen LogP contribution in [-0.2, 0) is 6.54 Å². The predicted octanol–water partition coefficient (Wildman–Crippen LogP) is 5.82. The van der Waals surface area contributed by atoms with E-state index in [1.165, 1.54) is 5.56 Å². The Morgan fingerprint density at radius 2 is 1.73 bits per heavy atom. The van der Waals surface area contributed by atoms with Crippen molar-refractivity contribution in [3.8, 4) is 5.75 Å². The van der Waals surface area contributed by atoms with Crippen LogP contribution < -0.4 is 20.3 Å². The standard InChI is InChI=1S/C29H33ClN4O2S/c1-21(2)20-36-26-8-5-7-22(18-26)28(35)32-29(37)31-24-10-12-25(13-11-24)34-16-14-33(15-17-34)19-23-6-3-4-9-27(23)30/h3-13,18,21H,14-17,19-20H2,1-2H3,(H2,31,32,35,37). The second-order valence-corrected chi connectivity index (χ2v) is 10.4. The fourth-order valence-electron chi connectivity index (χ4n) is 4.11. The normalized spacial score (nSPS) is 13.9. The molecule has 0 bridgehead atoms. The van der Waals surface area contributed by atoms with Crippen LogP contribution in [0.3, 0.4) is 0 Å². The van der Waals surface area contributed by atoms with Gasteiger partial charge in [0.15, 0.2) is 5.11 Å². The zero-order valence-corrected chi connectivity index (χ0v) is 22.8. The van der Waals surface area contributed by atoms with Gasteiger partial charge < -0.3 is 15.0 Å². The Hall–Kier alpha value is -3.13. The van der Waals surface area contributed by atoms with Crippen molar-refractivity contribution in [3.05, 3.63) is 88.9 Å². The molecule has 0 saturated carbocycles. The van der Waals surface area contributed by atoms with Crippen molar-refractivity contribution in [2.75, 3.05) is 43.0 Å². The molecule has 4 rings (SSSR count). The van der Waals surface area contributed by atoms with Crippen LogP contribution in [0.5, 0.6) is 5.75 Å². The lowest BCUT2D eigenvalue weighted by atomic mass is 10.2. The summed E-state index contributed by atoms with van der Waals surface area (Å²) in [6, 6.07) is 23.2. The molecule has 37 heavy (non-hydrogen) atoms. The number of rotatable bonds is 8. The van der Waals surface area contributed by atoms with Crippen LogP contribution >= 0.6 is 23.8 Å². The second-order valence-electron chi connectivity index (χ2n) is 9.54. The van der Waals surface area contributed by atoms with E-state index >= 15 is 0 Å². The lowest BCUT2D eigenvalue weighted by Crippen LogP contribution is -2.46. The van der Waals surface area contributed by atoms with E-state index in [0.717, 1.165) is 49.1 Å². The van der Waals surface area contributed by atoms with Gasteiger partial charge in [0.05, 0.1) is 6.61 Å². The molecule has 1 heterocycles. The van der Waals surface area contributed by atoms with Crippen LogP contribution in [-0.4, -0.2) is 48.7 Å². The molecular formula is C29H33ClN4O2S. The molecule has 1 saturated heterocycles. The summed E-state index contributed by atoms with van der Waals surface area (Å²) >= 11 is 11.7. The number of ether oxygens (including phenoxy) is 1. The number of amides is 1. The topological polar surface area (TPSA) is 56.8 Å². The molecule has 1 aliphatic rings. The maximum Gasteiger partial charge on any atom is 0.257 e. The number of halogens is 1. The fourth-order valence-corrected chi connectivity index (χ4v) is 4.52. The molecule has 0 spiro atoms. The minimum atomic E-state index is -0.279. The van der Waals surface area contributed by atoms with E-state index in [0.29, 0.717) is 23.8 Å². The average Bonchev–Trinajstić information content (AvgIpc) is 2.90. The predicted molar refractivity (Wildman–Crippen MR) is 156 cm³/mol. The van der Waals surface area contributed by atoms with Crippen LogP contribution in [0.15, 0.2) is 72.8 Å². The van der Waals surface area contributed by atoms with E-state index in [-0.39, 0.29) is 11.0 Å². The van der Waals surface area contributed by atoms with Gasteiger partial charge in [-0.25, -0.2) is 0 Å². The number of nitrogens with one attached hydrogen (secondary N) is 2. The molecule has 2 N–H and O–H groups in total. The van der Waals surface area contributed by atoms with E-state index in [1.807, 2.05) is 36.4 Å². The van der Waals surface area contributed by atoms with Gasteiger partial charge in [0.1, 0.15) is 5.75 Å². The largest absolute Gasteiger partial charge is 0.493 e. The Labute approximate surface area is 229 Å². The molecule has 0 atom stereocenters. The Bertz CT molecular complexity index is 1210. The van der Waals surface area contributed by atoms with Gasteiger partial charge in [-0.1, -0.05) is 49.7 Å². The zero-order chi connectivity index (χ0) is 26.2. The number of hydrogen-bond donors (Lipinski definition) is 2. The Morgan fingerprint density at radius 3 is 2.43 bits per heavy atom. The molecule has 0 aliphatic carbocycles.